The molecule has 0 radical (unpaired) electrons. The Morgan fingerprint density at radius 2 is 1.33 bits per heavy atom. The number of quaternary nitrogens is 2. The molecule has 0 aliphatic carbocycles. The van der Waals surface area contributed by atoms with E-state index in [4.69, 9.17) is 0 Å². The number of hydrogen-bond acceptors (Lipinski definition) is 3. The van der Waals surface area contributed by atoms with Crippen molar-refractivity contribution in [2.24, 2.45) is 24.3 Å². The predicted octanol–water partition coefficient (Wildman–Crippen LogP) is -2.09. The maximum Gasteiger partial charge on any atom is 0.421 e. The monoisotopic (exact) mass is 502 g/mol. The zero-order chi connectivity index (χ0) is 22.4. The molecule has 2 aromatic rings. The van der Waals surface area contributed by atoms with Gasteiger partial charge in [0.2, 0.25) is 0 Å². The number of hydrogen-bond donors (Lipinski definition) is 0. The standard InChI is InChI=1S/C23H42N7.CH4.2ClH/c1-26-17-18-27(2)23(26)25-24-21-11-13-22(14-12-21)28(15-9-19-29(3,4)5)16-10-20-30(6,7)8;;;/h11-14,17-18H,9-10,15-16,19-20H2,1-8H3;1H4;2*1H/q+3;;;/p-2. The molecule has 0 aliphatic rings. The van der Waals surface area contributed by atoms with Crippen LogP contribution in [0.15, 0.2) is 46.9 Å². The van der Waals surface area contributed by atoms with Crippen LogP contribution in [-0.2, 0) is 14.1 Å². The second kappa shape index (κ2) is 14.6. The first-order valence-electron chi connectivity index (χ1n) is 10.8. The average molecular weight is 504 g/mol. The van der Waals surface area contributed by atoms with Gasteiger partial charge in [0.05, 0.1) is 81.9 Å². The number of rotatable bonds is 11. The van der Waals surface area contributed by atoms with E-state index in [0.29, 0.717) is 0 Å². The minimum atomic E-state index is 0. The van der Waals surface area contributed by atoms with Crippen molar-refractivity contribution >= 4 is 17.3 Å². The highest BCUT2D eigenvalue weighted by Crippen LogP contribution is 2.22. The Kier molecular flexibility index (Phi) is 14.8. The van der Waals surface area contributed by atoms with Crippen molar-refractivity contribution in [3.63, 3.8) is 0 Å². The van der Waals surface area contributed by atoms with Crippen LogP contribution in [0.4, 0.5) is 17.3 Å². The molecular formula is C24H46Cl2N7+. The molecule has 190 valence electrons. The van der Waals surface area contributed by atoms with E-state index >= 15 is 0 Å². The number of benzene rings is 1. The quantitative estimate of drug-likeness (QED) is 0.197. The van der Waals surface area contributed by atoms with Gasteiger partial charge < -0.3 is 38.7 Å². The van der Waals surface area contributed by atoms with Crippen molar-refractivity contribution < 1.29 is 38.3 Å². The van der Waals surface area contributed by atoms with E-state index in [9.17, 15) is 0 Å². The summed E-state index contributed by atoms with van der Waals surface area (Å²) in [4.78, 5) is 2.52. The van der Waals surface area contributed by atoms with Crippen LogP contribution in [0.1, 0.15) is 20.3 Å². The molecule has 2 rings (SSSR count). The first kappa shape index (κ1) is 33.5. The van der Waals surface area contributed by atoms with E-state index in [-0.39, 0.29) is 32.2 Å². The van der Waals surface area contributed by atoms with Gasteiger partial charge in [-0.1, -0.05) is 12.5 Å². The third-order valence-electron chi connectivity index (χ3n) is 5.13. The molecule has 1 aromatic carbocycles. The predicted molar refractivity (Wildman–Crippen MR) is 131 cm³/mol. The van der Waals surface area contributed by atoms with Crippen LogP contribution in [0.5, 0.6) is 0 Å². The number of aromatic nitrogens is 2. The van der Waals surface area contributed by atoms with Gasteiger partial charge in [0, 0.05) is 36.7 Å². The minimum absolute atomic E-state index is 0. The Bertz CT molecular complexity index is 779. The Morgan fingerprint density at radius 3 is 1.73 bits per heavy atom. The second-order valence-electron chi connectivity index (χ2n) is 10.3. The first-order chi connectivity index (χ1) is 13.9. The molecule has 33 heavy (non-hydrogen) atoms. The summed E-state index contributed by atoms with van der Waals surface area (Å²) >= 11 is 0. The molecule has 0 spiro atoms. The third kappa shape index (κ3) is 12.4. The van der Waals surface area contributed by atoms with Gasteiger partial charge in [-0.15, -0.1) is 0 Å². The fraction of sp³-hybridized carbons (Fsp3) is 0.625. The van der Waals surface area contributed by atoms with Gasteiger partial charge >= 0.3 is 5.95 Å². The molecule has 0 saturated carbocycles. The normalized spacial score (nSPS) is 11.5. The van der Waals surface area contributed by atoms with Gasteiger partial charge in [0.1, 0.15) is 5.69 Å². The van der Waals surface area contributed by atoms with Crippen molar-refractivity contribution in [1.29, 1.82) is 0 Å². The van der Waals surface area contributed by atoms with E-state index in [1.165, 1.54) is 31.6 Å². The SMILES string of the molecule is C.Cn1cc[n+](C)c1N=Nc1ccc(N(CCC[N+](C)(C)C)CCC[N+](C)(C)C)cc1.[Cl-].[Cl-]. The molecule has 0 saturated heterocycles. The molecule has 9 heteroatoms. The molecule has 0 amide bonds. The third-order valence-corrected chi connectivity index (χ3v) is 5.13. The molecular weight excluding hydrogens is 457 g/mol. The summed E-state index contributed by atoms with van der Waals surface area (Å²) in [7, 11) is 17.5. The zero-order valence-electron chi connectivity index (χ0n) is 21.1. The highest BCUT2D eigenvalue weighted by molar-refractivity contribution is 5.52. The van der Waals surface area contributed by atoms with Gasteiger partial charge in [-0.25, -0.2) is 9.13 Å². The highest BCUT2D eigenvalue weighted by atomic mass is 35.5. The van der Waals surface area contributed by atoms with E-state index in [1.54, 1.807) is 0 Å². The lowest BCUT2D eigenvalue weighted by molar-refractivity contribution is -0.870. The average Bonchev–Trinajstić information content (AvgIpc) is 2.95. The molecule has 0 atom stereocenters. The maximum absolute atomic E-state index is 4.42. The number of anilines is 1. The number of azo groups is 1. The second-order valence-corrected chi connectivity index (χ2v) is 10.3. The van der Waals surface area contributed by atoms with Gasteiger partial charge in [-0.2, -0.15) is 0 Å². The number of imidazole rings is 1. The van der Waals surface area contributed by atoms with Crippen molar-refractivity contribution in [1.82, 2.24) is 4.57 Å². The van der Waals surface area contributed by atoms with Crippen molar-refractivity contribution in [2.45, 2.75) is 20.3 Å². The summed E-state index contributed by atoms with van der Waals surface area (Å²) in [6.45, 7) is 4.50. The Morgan fingerprint density at radius 1 is 0.848 bits per heavy atom. The van der Waals surface area contributed by atoms with Crippen molar-refractivity contribution in [3.05, 3.63) is 36.7 Å². The fourth-order valence-corrected chi connectivity index (χ4v) is 3.40. The molecule has 7 nitrogen and oxygen atoms in total. The number of aryl methyl sites for hydroxylation is 2. The van der Waals surface area contributed by atoms with E-state index in [0.717, 1.165) is 33.7 Å². The summed E-state index contributed by atoms with van der Waals surface area (Å²) in [6, 6.07) is 8.48. The largest absolute Gasteiger partial charge is 1.00 e. The lowest BCUT2D eigenvalue weighted by atomic mass is 10.2. The fourth-order valence-electron chi connectivity index (χ4n) is 3.40. The molecule has 1 heterocycles. The number of halogens is 2. The van der Waals surface area contributed by atoms with Crippen LogP contribution < -0.4 is 34.3 Å². The summed E-state index contributed by atoms with van der Waals surface area (Å²) in [5, 5.41) is 8.82. The Labute approximate surface area is 214 Å². The topological polar surface area (TPSA) is 36.8 Å². The molecule has 0 N–H and O–H groups in total. The molecule has 1 aromatic heterocycles. The van der Waals surface area contributed by atoms with E-state index in [2.05, 4.69) is 81.7 Å². The van der Waals surface area contributed by atoms with Crippen molar-refractivity contribution in [3.8, 4) is 0 Å². The van der Waals surface area contributed by atoms with Crippen LogP contribution >= 0.6 is 0 Å². The smallest absolute Gasteiger partial charge is 0.421 e. The van der Waals surface area contributed by atoms with Crippen LogP contribution in [0, 0.1) is 0 Å². The van der Waals surface area contributed by atoms with Gasteiger partial charge in [-0.05, 0) is 24.3 Å². The van der Waals surface area contributed by atoms with Crippen LogP contribution in [-0.4, -0.2) is 82.0 Å². The first-order valence-corrected chi connectivity index (χ1v) is 10.8. The Hall–Kier alpha value is -1.67. The van der Waals surface area contributed by atoms with E-state index < -0.39 is 0 Å². The Balaban J connectivity index is 0. The van der Waals surface area contributed by atoms with E-state index in [1.807, 2.05) is 35.6 Å². The van der Waals surface area contributed by atoms with Gasteiger partial charge in [0.15, 0.2) is 0 Å². The molecule has 0 unspecified atom stereocenters. The lowest BCUT2D eigenvalue weighted by Gasteiger charge is -2.30. The zero-order valence-corrected chi connectivity index (χ0v) is 22.6. The summed E-state index contributed by atoms with van der Waals surface area (Å²) in [5.74, 6) is 0.821. The lowest BCUT2D eigenvalue weighted by Crippen LogP contribution is -3.00. The maximum atomic E-state index is 4.42. The summed E-state index contributed by atoms with van der Waals surface area (Å²) in [6.07, 6.45) is 6.31. The summed E-state index contributed by atoms with van der Waals surface area (Å²) < 4.78 is 5.92. The number of nitrogens with zero attached hydrogens (tertiary/aromatic N) is 7. The minimum Gasteiger partial charge on any atom is -1.00 e. The molecule has 0 aliphatic heterocycles. The van der Waals surface area contributed by atoms with Gasteiger partial charge in [0.25, 0.3) is 0 Å². The molecule has 0 bridgehead atoms. The summed E-state index contributed by atoms with van der Waals surface area (Å²) in [5.41, 5.74) is 2.14. The highest BCUT2D eigenvalue weighted by Gasteiger charge is 2.14. The van der Waals surface area contributed by atoms with Gasteiger partial charge in [-0.3, -0.25) is 0 Å². The van der Waals surface area contributed by atoms with Crippen molar-refractivity contribution in [2.75, 3.05) is 73.4 Å². The van der Waals surface area contributed by atoms with Crippen LogP contribution in [0.3, 0.4) is 0 Å². The van der Waals surface area contributed by atoms with Crippen LogP contribution in [0.25, 0.3) is 0 Å². The molecule has 0 fully saturated rings. The van der Waals surface area contributed by atoms with Crippen LogP contribution in [0.2, 0.25) is 0 Å².